The SMILES string of the molecule is CCOCc1nc(N)cc(NCCCN2CCOCC2)n1. The summed E-state index contributed by atoms with van der Waals surface area (Å²) in [7, 11) is 0. The Morgan fingerprint density at radius 3 is 2.95 bits per heavy atom. The molecule has 0 aliphatic carbocycles. The van der Waals surface area contributed by atoms with Gasteiger partial charge in [0.25, 0.3) is 0 Å². The van der Waals surface area contributed by atoms with Gasteiger partial charge in [0.15, 0.2) is 5.82 Å². The zero-order chi connectivity index (χ0) is 14.9. The van der Waals surface area contributed by atoms with Gasteiger partial charge in [0.1, 0.15) is 18.2 Å². The third kappa shape index (κ3) is 5.82. The maximum atomic E-state index is 5.78. The molecule has 0 saturated carbocycles. The van der Waals surface area contributed by atoms with Crippen LogP contribution in [0.15, 0.2) is 6.07 Å². The first-order valence-electron chi connectivity index (χ1n) is 7.53. The van der Waals surface area contributed by atoms with Crippen molar-refractivity contribution in [2.24, 2.45) is 0 Å². The molecule has 1 fully saturated rings. The first kappa shape index (κ1) is 15.9. The second kappa shape index (κ2) is 8.76. The van der Waals surface area contributed by atoms with E-state index in [4.69, 9.17) is 15.2 Å². The second-order valence-electron chi connectivity index (χ2n) is 4.97. The summed E-state index contributed by atoms with van der Waals surface area (Å²) in [4.78, 5) is 11.0. The predicted molar refractivity (Wildman–Crippen MR) is 82.1 cm³/mol. The van der Waals surface area contributed by atoms with Crippen LogP contribution in [0.3, 0.4) is 0 Å². The topological polar surface area (TPSA) is 85.5 Å². The normalized spacial score (nSPS) is 16.0. The molecule has 0 spiro atoms. The zero-order valence-corrected chi connectivity index (χ0v) is 12.7. The lowest BCUT2D eigenvalue weighted by atomic mass is 10.3. The molecular weight excluding hydrogens is 270 g/mol. The van der Waals surface area contributed by atoms with E-state index in [2.05, 4.69) is 20.2 Å². The molecule has 1 aromatic rings. The number of hydrogen-bond donors (Lipinski definition) is 2. The maximum absolute atomic E-state index is 5.78. The van der Waals surface area contributed by atoms with Gasteiger partial charge >= 0.3 is 0 Å². The number of nitrogens with one attached hydrogen (secondary N) is 1. The van der Waals surface area contributed by atoms with Crippen LogP contribution in [0.4, 0.5) is 11.6 Å². The Hall–Kier alpha value is -1.44. The molecule has 21 heavy (non-hydrogen) atoms. The van der Waals surface area contributed by atoms with Crippen molar-refractivity contribution in [2.45, 2.75) is 20.0 Å². The van der Waals surface area contributed by atoms with Crippen LogP contribution >= 0.6 is 0 Å². The summed E-state index contributed by atoms with van der Waals surface area (Å²) in [5.41, 5.74) is 5.78. The summed E-state index contributed by atoms with van der Waals surface area (Å²) in [5, 5.41) is 3.30. The third-order valence-electron chi connectivity index (χ3n) is 3.29. The van der Waals surface area contributed by atoms with Crippen LogP contribution < -0.4 is 11.1 Å². The number of anilines is 2. The molecule has 0 amide bonds. The van der Waals surface area contributed by atoms with Gasteiger partial charge in [-0.2, -0.15) is 0 Å². The van der Waals surface area contributed by atoms with Crippen LogP contribution in [0.1, 0.15) is 19.2 Å². The molecule has 1 aromatic heterocycles. The molecule has 0 radical (unpaired) electrons. The van der Waals surface area contributed by atoms with Crippen LogP contribution in [-0.4, -0.2) is 60.9 Å². The van der Waals surface area contributed by atoms with E-state index in [1.54, 1.807) is 6.07 Å². The van der Waals surface area contributed by atoms with Crippen molar-refractivity contribution in [2.75, 3.05) is 57.1 Å². The van der Waals surface area contributed by atoms with Crippen molar-refractivity contribution in [3.05, 3.63) is 11.9 Å². The fourth-order valence-electron chi connectivity index (χ4n) is 2.21. The van der Waals surface area contributed by atoms with Crippen molar-refractivity contribution in [3.8, 4) is 0 Å². The molecule has 2 heterocycles. The lowest BCUT2D eigenvalue weighted by molar-refractivity contribution is 0.0378. The van der Waals surface area contributed by atoms with Crippen molar-refractivity contribution < 1.29 is 9.47 Å². The van der Waals surface area contributed by atoms with E-state index >= 15 is 0 Å². The molecule has 118 valence electrons. The van der Waals surface area contributed by atoms with Crippen LogP contribution in [-0.2, 0) is 16.1 Å². The Bertz CT molecular complexity index is 424. The number of nitrogens with zero attached hydrogens (tertiary/aromatic N) is 3. The summed E-state index contributed by atoms with van der Waals surface area (Å²) < 4.78 is 10.6. The summed E-state index contributed by atoms with van der Waals surface area (Å²) in [6, 6.07) is 1.75. The quantitative estimate of drug-likeness (QED) is 0.684. The average molecular weight is 295 g/mol. The van der Waals surface area contributed by atoms with Gasteiger partial charge in [-0.15, -0.1) is 0 Å². The molecule has 3 N–H and O–H groups in total. The van der Waals surface area contributed by atoms with Gasteiger partial charge in [0.2, 0.25) is 0 Å². The molecule has 0 aromatic carbocycles. The van der Waals surface area contributed by atoms with Crippen LogP contribution in [0.5, 0.6) is 0 Å². The Morgan fingerprint density at radius 1 is 1.38 bits per heavy atom. The first-order chi connectivity index (χ1) is 10.3. The van der Waals surface area contributed by atoms with Gasteiger partial charge in [0.05, 0.1) is 13.2 Å². The number of morpholine rings is 1. The lowest BCUT2D eigenvalue weighted by Gasteiger charge is -2.26. The van der Waals surface area contributed by atoms with Crippen molar-refractivity contribution >= 4 is 11.6 Å². The largest absolute Gasteiger partial charge is 0.384 e. The van der Waals surface area contributed by atoms with Gasteiger partial charge in [-0.05, 0) is 19.9 Å². The first-order valence-corrected chi connectivity index (χ1v) is 7.53. The Kier molecular flexibility index (Phi) is 6.65. The smallest absolute Gasteiger partial charge is 0.158 e. The van der Waals surface area contributed by atoms with Gasteiger partial charge in [-0.25, -0.2) is 9.97 Å². The maximum Gasteiger partial charge on any atom is 0.158 e. The lowest BCUT2D eigenvalue weighted by Crippen LogP contribution is -2.37. The molecule has 7 nitrogen and oxygen atoms in total. The van der Waals surface area contributed by atoms with Crippen LogP contribution in [0, 0.1) is 0 Å². The second-order valence-corrected chi connectivity index (χ2v) is 4.97. The molecule has 1 aliphatic rings. The number of nitrogens with two attached hydrogens (primary N) is 1. The average Bonchev–Trinajstić information content (AvgIpc) is 2.50. The highest BCUT2D eigenvalue weighted by Gasteiger charge is 2.09. The van der Waals surface area contributed by atoms with E-state index in [-0.39, 0.29) is 0 Å². The molecule has 1 saturated heterocycles. The Balaban J connectivity index is 1.72. The molecular formula is C14H25N5O2. The highest BCUT2D eigenvalue weighted by atomic mass is 16.5. The van der Waals surface area contributed by atoms with E-state index in [0.717, 1.165) is 51.6 Å². The number of ether oxygens (including phenoxy) is 2. The summed E-state index contributed by atoms with van der Waals surface area (Å²) >= 11 is 0. The summed E-state index contributed by atoms with van der Waals surface area (Å²) in [6.07, 6.45) is 1.06. The van der Waals surface area contributed by atoms with E-state index < -0.39 is 0 Å². The van der Waals surface area contributed by atoms with Crippen LogP contribution in [0.2, 0.25) is 0 Å². The number of aromatic nitrogens is 2. The molecule has 0 atom stereocenters. The zero-order valence-electron chi connectivity index (χ0n) is 12.7. The van der Waals surface area contributed by atoms with E-state index in [0.29, 0.717) is 24.9 Å². The monoisotopic (exact) mass is 295 g/mol. The van der Waals surface area contributed by atoms with Gasteiger partial charge in [-0.1, -0.05) is 0 Å². The van der Waals surface area contributed by atoms with Crippen molar-refractivity contribution in [1.82, 2.24) is 14.9 Å². The predicted octanol–water partition coefficient (Wildman–Crippen LogP) is 0.730. The number of hydrogen-bond acceptors (Lipinski definition) is 7. The van der Waals surface area contributed by atoms with E-state index in [1.807, 2.05) is 6.92 Å². The van der Waals surface area contributed by atoms with Gasteiger partial charge in [-0.3, -0.25) is 4.90 Å². The van der Waals surface area contributed by atoms with E-state index in [1.165, 1.54) is 0 Å². The minimum Gasteiger partial charge on any atom is -0.384 e. The van der Waals surface area contributed by atoms with E-state index in [9.17, 15) is 0 Å². The number of rotatable bonds is 8. The van der Waals surface area contributed by atoms with Crippen molar-refractivity contribution in [1.29, 1.82) is 0 Å². The highest BCUT2D eigenvalue weighted by Crippen LogP contribution is 2.09. The molecule has 1 aliphatic heterocycles. The standard InChI is InChI=1S/C14H25N5O2/c1-2-20-11-14-17-12(15)10-13(18-14)16-4-3-5-19-6-8-21-9-7-19/h10H,2-9,11H2,1H3,(H3,15,16,17,18). The van der Waals surface area contributed by atoms with Crippen molar-refractivity contribution in [3.63, 3.8) is 0 Å². The molecule has 0 bridgehead atoms. The Labute approximate surface area is 125 Å². The summed E-state index contributed by atoms with van der Waals surface area (Å²) in [6.45, 7) is 8.65. The van der Waals surface area contributed by atoms with Gasteiger partial charge in [0, 0.05) is 32.3 Å². The number of nitrogen functional groups attached to an aromatic ring is 1. The van der Waals surface area contributed by atoms with Gasteiger partial charge < -0.3 is 20.5 Å². The fourth-order valence-corrected chi connectivity index (χ4v) is 2.21. The molecule has 7 heteroatoms. The Morgan fingerprint density at radius 2 is 2.19 bits per heavy atom. The fraction of sp³-hybridized carbons (Fsp3) is 0.714. The minimum atomic E-state index is 0.393. The molecule has 0 unspecified atom stereocenters. The third-order valence-corrected chi connectivity index (χ3v) is 3.29. The highest BCUT2D eigenvalue weighted by molar-refractivity contribution is 5.44. The summed E-state index contributed by atoms with van der Waals surface area (Å²) in [5.74, 6) is 1.85. The molecule has 2 rings (SSSR count). The minimum absolute atomic E-state index is 0.393. The van der Waals surface area contributed by atoms with Crippen LogP contribution in [0.25, 0.3) is 0 Å².